The summed E-state index contributed by atoms with van der Waals surface area (Å²) in [5.41, 5.74) is 5.25. The zero-order valence-electron chi connectivity index (χ0n) is 13.3. The SMILES string of the molecule is CC(C)(S)C(C)(C)O[B]CCCC1CCCC1(N)C=O. The smallest absolute Gasteiger partial charge is 0.293 e. The minimum atomic E-state index is -0.576. The maximum Gasteiger partial charge on any atom is 0.293 e. The van der Waals surface area contributed by atoms with Gasteiger partial charge in [-0.15, -0.1) is 0 Å². The second-order valence-electron chi connectivity index (χ2n) is 7.10. The first-order valence-corrected chi connectivity index (χ1v) is 8.04. The molecule has 5 heteroatoms. The molecule has 1 saturated carbocycles. The van der Waals surface area contributed by atoms with E-state index < -0.39 is 5.54 Å². The molecule has 0 amide bonds. The van der Waals surface area contributed by atoms with Gasteiger partial charge in [0.25, 0.3) is 7.48 Å². The van der Waals surface area contributed by atoms with Crippen LogP contribution in [0.15, 0.2) is 0 Å². The number of nitrogens with two attached hydrogens (primary N) is 1. The van der Waals surface area contributed by atoms with Gasteiger partial charge in [0, 0.05) is 4.75 Å². The average Bonchev–Trinajstić information content (AvgIpc) is 2.70. The van der Waals surface area contributed by atoms with Crippen molar-refractivity contribution in [3.8, 4) is 0 Å². The van der Waals surface area contributed by atoms with Crippen LogP contribution in [-0.2, 0) is 9.45 Å². The molecule has 0 aromatic carbocycles. The molecule has 0 aromatic heterocycles. The Hall–Kier alpha value is 0.00494. The van der Waals surface area contributed by atoms with Gasteiger partial charge >= 0.3 is 0 Å². The summed E-state index contributed by atoms with van der Waals surface area (Å²) in [5.74, 6) is 0.336. The summed E-state index contributed by atoms with van der Waals surface area (Å²) in [6, 6.07) is 0. The first-order valence-electron chi connectivity index (χ1n) is 7.59. The third kappa shape index (κ3) is 4.50. The van der Waals surface area contributed by atoms with E-state index in [2.05, 4.69) is 26.5 Å². The van der Waals surface area contributed by atoms with E-state index in [1.807, 2.05) is 21.3 Å². The summed E-state index contributed by atoms with van der Waals surface area (Å²) in [5, 5.41) is 0. The molecule has 2 unspecified atom stereocenters. The van der Waals surface area contributed by atoms with E-state index in [0.717, 1.165) is 44.7 Å². The Labute approximate surface area is 130 Å². The Kier molecular flexibility index (Phi) is 6.18. The van der Waals surface area contributed by atoms with Gasteiger partial charge in [-0.1, -0.05) is 19.2 Å². The zero-order chi connectivity index (χ0) is 15.4. The van der Waals surface area contributed by atoms with Crippen molar-refractivity contribution < 1.29 is 9.45 Å². The molecule has 0 aliphatic heterocycles. The van der Waals surface area contributed by atoms with Gasteiger partial charge in [-0.2, -0.15) is 12.6 Å². The van der Waals surface area contributed by atoms with Gasteiger partial charge < -0.3 is 15.2 Å². The van der Waals surface area contributed by atoms with Crippen molar-refractivity contribution in [3.05, 3.63) is 0 Å². The molecule has 2 atom stereocenters. The second-order valence-corrected chi connectivity index (χ2v) is 8.22. The maximum atomic E-state index is 11.1. The van der Waals surface area contributed by atoms with Crippen molar-refractivity contribution >= 4 is 26.4 Å². The first kappa shape index (κ1) is 18.1. The Bertz CT molecular complexity index is 330. The van der Waals surface area contributed by atoms with Crippen LogP contribution < -0.4 is 5.73 Å². The standard InChI is InChI=1S/C15H29BNO2S/c1-13(2,14(3,4)20)19-16-10-6-8-12-7-5-9-15(12,17)11-18/h11-12,20H,5-10,17H2,1-4H3. The normalized spacial score (nSPS) is 27.6. The van der Waals surface area contributed by atoms with Crippen LogP contribution in [-0.4, -0.2) is 29.7 Å². The van der Waals surface area contributed by atoms with E-state index in [1.54, 1.807) is 0 Å². The molecule has 1 aliphatic carbocycles. The number of aldehydes is 1. The van der Waals surface area contributed by atoms with Crippen LogP contribution in [0.2, 0.25) is 6.32 Å². The molecule has 0 spiro atoms. The fourth-order valence-electron chi connectivity index (χ4n) is 2.55. The second kappa shape index (κ2) is 6.84. The van der Waals surface area contributed by atoms with E-state index >= 15 is 0 Å². The lowest BCUT2D eigenvalue weighted by atomic mass is 9.81. The molecule has 2 N–H and O–H groups in total. The molecular weight excluding hydrogens is 269 g/mol. The van der Waals surface area contributed by atoms with Crippen molar-refractivity contribution in [1.82, 2.24) is 0 Å². The number of hydrogen-bond acceptors (Lipinski definition) is 4. The zero-order valence-corrected chi connectivity index (χ0v) is 14.2. The number of carbonyl (C=O) groups is 1. The molecule has 1 aliphatic rings. The van der Waals surface area contributed by atoms with Gasteiger partial charge in [-0.05, 0) is 52.9 Å². The van der Waals surface area contributed by atoms with Crippen molar-refractivity contribution in [2.24, 2.45) is 11.7 Å². The van der Waals surface area contributed by atoms with Crippen LogP contribution >= 0.6 is 12.6 Å². The first-order chi connectivity index (χ1) is 9.12. The average molecular weight is 298 g/mol. The third-order valence-electron chi connectivity index (χ3n) is 4.87. The Morgan fingerprint density at radius 3 is 2.65 bits per heavy atom. The van der Waals surface area contributed by atoms with Crippen LogP contribution in [0.3, 0.4) is 0 Å². The molecule has 3 nitrogen and oxygen atoms in total. The highest BCUT2D eigenvalue weighted by molar-refractivity contribution is 7.81. The van der Waals surface area contributed by atoms with Crippen molar-refractivity contribution in [3.63, 3.8) is 0 Å². The molecule has 20 heavy (non-hydrogen) atoms. The molecule has 0 saturated heterocycles. The molecule has 0 bridgehead atoms. The molecular formula is C15H29BNO2S. The highest BCUT2D eigenvalue weighted by atomic mass is 32.1. The number of rotatable bonds is 8. The van der Waals surface area contributed by atoms with Gasteiger partial charge in [0.1, 0.15) is 6.29 Å². The van der Waals surface area contributed by atoms with E-state index in [0.29, 0.717) is 5.92 Å². The summed E-state index contributed by atoms with van der Waals surface area (Å²) in [7, 11) is 1.88. The fourth-order valence-corrected chi connectivity index (χ4v) is 2.61. The molecule has 115 valence electrons. The van der Waals surface area contributed by atoms with Crippen molar-refractivity contribution in [1.29, 1.82) is 0 Å². The van der Waals surface area contributed by atoms with E-state index in [4.69, 9.17) is 10.4 Å². The summed E-state index contributed by atoms with van der Waals surface area (Å²) in [6.07, 6.45) is 6.84. The lowest BCUT2D eigenvalue weighted by Crippen LogP contribution is -2.45. The number of carbonyl (C=O) groups excluding carboxylic acids is 1. The lowest BCUT2D eigenvalue weighted by Gasteiger charge is -2.38. The lowest BCUT2D eigenvalue weighted by molar-refractivity contribution is -0.113. The summed E-state index contributed by atoms with van der Waals surface area (Å²) < 4.78 is 5.64. The topological polar surface area (TPSA) is 52.3 Å². The Morgan fingerprint density at radius 1 is 1.45 bits per heavy atom. The van der Waals surface area contributed by atoms with E-state index in [-0.39, 0.29) is 10.3 Å². The molecule has 1 rings (SSSR count). The van der Waals surface area contributed by atoms with Crippen LogP contribution in [0.1, 0.15) is 59.8 Å². The van der Waals surface area contributed by atoms with Gasteiger partial charge in [0.15, 0.2) is 0 Å². The molecule has 1 fully saturated rings. The van der Waals surface area contributed by atoms with Crippen LogP contribution in [0.4, 0.5) is 0 Å². The highest BCUT2D eigenvalue weighted by Crippen LogP contribution is 2.36. The van der Waals surface area contributed by atoms with Crippen LogP contribution in [0.5, 0.6) is 0 Å². The van der Waals surface area contributed by atoms with Crippen molar-refractivity contribution in [2.75, 3.05) is 0 Å². The predicted octanol–water partition coefficient (Wildman–Crippen LogP) is 3.00. The van der Waals surface area contributed by atoms with Gasteiger partial charge in [0.05, 0.1) is 11.1 Å². The molecule has 1 radical (unpaired) electrons. The molecule has 0 heterocycles. The largest absolute Gasteiger partial charge is 0.434 e. The summed E-state index contributed by atoms with van der Waals surface area (Å²) in [6.45, 7) is 8.19. The summed E-state index contributed by atoms with van der Waals surface area (Å²) in [4.78, 5) is 11.1. The van der Waals surface area contributed by atoms with Gasteiger partial charge in [-0.25, -0.2) is 0 Å². The maximum absolute atomic E-state index is 11.1. The Morgan fingerprint density at radius 2 is 2.10 bits per heavy atom. The van der Waals surface area contributed by atoms with Gasteiger partial charge in [-0.3, -0.25) is 0 Å². The summed E-state index contributed by atoms with van der Waals surface area (Å²) >= 11 is 4.57. The van der Waals surface area contributed by atoms with Crippen LogP contribution in [0.25, 0.3) is 0 Å². The van der Waals surface area contributed by atoms with E-state index in [9.17, 15) is 4.79 Å². The quantitative estimate of drug-likeness (QED) is 0.313. The van der Waals surface area contributed by atoms with Crippen LogP contribution in [0, 0.1) is 5.92 Å². The third-order valence-corrected chi connectivity index (χ3v) is 5.41. The monoisotopic (exact) mass is 298 g/mol. The highest BCUT2D eigenvalue weighted by Gasteiger charge is 2.38. The van der Waals surface area contributed by atoms with E-state index in [1.165, 1.54) is 0 Å². The van der Waals surface area contributed by atoms with Gasteiger partial charge in [0.2, 0.25) is 0 Å². The Balaban J connectivity index is 2.25. The predicted molar refractivity (Wildman–Crippen MR) is 88.3 cm³/mol. The fraction of sp³-hybridized carbons (Fsp3) is 0.933. The molecule has 0 aromatic rings. The minimum Gasteiger partial charge on any atom is -0.434 e. The van der Waals surface area contributed by atoms with Crippen molar-refractivity contribution in [2.45, 2.75) is 82.0 Å². The minimum absolute atomic E-state index is 0.196. The number of hydrogen-bond donors (Lipinski definition) is 2. The number of thiol groups is 1.